The topological polar surface area (TPSA) is 47.1 Å². The van der Waals surface area contributed by atoms with Gasteiger partial charge in [-0.05, 0) is 46.1 Å². The predicted octanol–water partition coefficient (Wildman–Crippen LogP) is 2.48. The lowest BCUT2D eigenvalue weighted by Gasteiger charge is -2.38. The Morgan fingerprint density at radius 2 is 2.10 bits per heavy atom. The van der Waals surface area contributed by atoms with E-state index < -0.39 is 0 Å². The lowest BCUT2D eigenvalue weighted by molar-refractivity contribution is 0.111. The molecule has 0 bridgehead atoms. The third-order valence-corrected chi connectivity index (χ3v) is 4.88. The highest BCUT2D eigenvalue weighted by Gasteiger charge is 2.26. The summed E-state index contributed by atoms with van der Waals surface area (Å²) in [6.07, 6.45) is 9.63. The van der Waals surface area contributed by atoms with Gasteiger partial charge >= 0.3 is 0 Å². The Kier molecular flexibility index (Phi) is 4.13. The number of piperidine rings is 1. The van der Waals surface area contributed by atoms with Gasteiger partial charge < -0.3 is 10.3 Å². The monoisotopic (exact) mass is 276 g/mol. The van der Waals surface area contributed by atoms with Crippen molar-refractivity contribution in [1.82, 2.24) is 14.5 Å². The van der Waals surface area contributed by atoms with Crippen molar-refractivity contribution in [3.63, 3.8) is 0 Å². The van der Waals surface area contributed by atoms with Gasteiger partial charge in [0.15, 0.2) is 0 Å². The Balaban J connectivity index is 1.73. The summed E-state index contributed by atoms with van der Waals surface area (Å²) in [5, 5.41) is 0. The number of hydrogen-bond donors (Lipinski definition) is 1. The number of nitrogens with zero attached hydrogens (tertiary/aromatic N) is 3. The molecule has 0 aromatic carbocycles. The summed E-state index contributed by atoms with van der Waals surface area (Å²) in [7, 11) is 0. The maximum atomic E-state index is 6.17. The van der Waals surface area contributed by atoms with Crippen LogP contribution in [-0.2, 0) is 13.0 Å². The molecule has 2 unspecified atom stereocenters. The van der Waals surface area contributed by atoms with Crippen LogP contribution in [0, 0.1) is 0 Å². The van der Waals surface area contributed by atoms with Gasteiger partial charge in [-0.3, -0.25) is 4.90 Å². The van der Waals surface area contributed by atoms with Gasteiger partial charge in [0, 0.05) is 31.2 Å². The molecule has 4 nitrogen and oxygen atoms in total. The first kappa shape index (κ1) is 14.1. The lowest BCUT2D eigenvalue weighted by atomic mass is 9.97. The van der Waals surface area contributed by atoms with Crippen LogP contribution < -0.4 is 5.73 Å². The fourth-order valence-corrected chi connectivity index (χ4v) is 3.83. The SMILES string of the molecule is CC(C)N1CCCCC1Cc1cn2c(n1)C(N)CCC2. The van der Waals surface area contributed by atoms with Gasteiger partial charge in [-0.15, -0.1) is 0 Å². The van der Waals surface area contributed by atoms with Gasteiger partial charge in [-0.2, -0.15) is 0 Å². The summed E-state index contributed by atoms with van der Waals surface area (Å²) < 4.78 is 2.28. The van der Waals surface area contributed by atoms with Crippen LogP contribution in [0.3, 0.4) is 0 Å². The largest absolute Gasteiger partial charge is 0.333 e. The minimum absolute atomic E-state index is 0.144. The molecule has 1 saturated heterocycles. The van der Waals surface area contributed by atoms with Crippen LogP contribution in [0.25, 0.3) is 0 Å². The molecule has 1 fully saturated rings. The van der Waals surface area contributed by atoms with E-state index in [1.165, 1.54) is 37.9 Å². The molecule has 0 spiro atoms. The van der Waals surface area contributed by atoms with Crippen molar-refractivity contribution in [3.8, 4) is 0 Å². The molecule has 1 aromatic rings. The average molecular weight is 276 g/mol. The third kappa shape index (κ3) is 2.77. The molecular formula is C16H28N4. The van der Waals surface area contributed by atoms with Gasteiger partial charge in [-0.1, -0.05) is 6.42 Å². The molecule has 0 aliphatic carbocycles. The van der Waals surface area contributed by atoms with Crippen LogP contribution in [0.4, 0.5) is 0 Å². The van der Waals surface area contributed by atoms with E-state index in [-0.39, 0.29) is 6.04 Å². The van der Waals surface area contributed by atoms with E-state index in [0.717, 1.165) is 25.2 Å². The van der Waals surface area contributed by atoms with Crippen molar-refractivity contribution >= 4 is 0 Å². The Hall–Kier alpha value is -0.870. The summed E-state index contributed by atoms with van der Waals surface area (Å²) in [4.78, 5) is 7.49. The van der Waals surface area contributed by atoms with Gasteiger partial charge in [0.2, 0.25) is 0 Å². The fourth-order valence-electron chi connectivity index (χ4n) is 3.83. The Morgan fingerprint density at radius 3 is 2.85 bits per heavy atom. The minimum Gasteiger partial charge on any atom is -0.333 e. The summed E-state index contributed by atoms with van der Waals surface area (Å²) in [6, 6.07) is 1.45. The zero-order valence-electron chi connectivity index (χ0n) is 12.9. The van der Waals surface area contributed by atoms with Crippen molar-refractivity contribution in [2.45, 2.75) is 77.0 Å². The minimum atomic E-state index is 0.144. The van der Waals surface area contributed by atoms with E-state index in [1.54, 1.807) is 0 Å². The first-order valence-electron chi connectivity index (χ1n) is 8.22. The van der Waals surface area contributed by atoms with Crippen LogP contribution >= 0.6 is 0 Å². The lowest BCUT2D eigenvalue weighted by Crippen LogP contribution is -2.45. The van der Waals surface area contributed by atoms with Crippen molar-refractivity contribution in [3.05, 3.63) is 17.7 Å². The van der Waals surface area contributed by atoms with Gasteiger partial charge in [0.1, 0.15) is 5.82 Å². The van der Waals surface area contributed by atoms with Crippen molar-refractivity contribution in [1.29, 1.82) is 0 Å². The molecule has 4 heteroatoms. The zero-order valence-corrected chi connectivity index (χ0v) is 12.9. The molecule has 0 amide bonds. The standard InChI is InChI=1S/C16H28N4/c1-12(2)20-9-4-3-6-14(20)10-13-11-19-8-5-7-15(17)16(19)18-13/h11-12,14-15H,3-10,17H2,1-2H3. The maximum absolute atomic E-state index is 6.17. The Bertz CT molecular complexity index is 451. The van der Waals surface area contributed by atoms with E-state index in [2.05, 4.69) is 29.5 Å². The molecule has 0 radical (unpaired) electrons. The van der Waals surface area contributed by atoms with Crippen LogP contribution in [0.1, 0.15) is 63.5 Å². The van der Waals surface area contributed by atoms with E-state index >= 15 is 0 Å². The van der Waals surface area contributed by atoms with Crippen molar-refractivity contribution < 1.29 is 0 Å². The smallest absolute Gasteiger partial charge is 0.125 e. The van der Waals surface area contributed by atoms with Crippen LogP contribution in [0.2, 0.25) is 0 Å². The molecule has 0 saturated carbocycles. The van der Waals surface area contributed by atoms with E-state index in [4.69, 9.17) is 10.7 Å². The van der Waals surface area contributed by atoms with Crippen molar-refractivity contribution in [2.75, 3.05) is 6.54 Å². The average Bonchev–Trinajstić information content (AvgIpc) is 2.83. The number of rotatable bonds is 3. The molecule has 2 N–H and O–H groups in total. The molecule has 3 rings (SSSR count). The number of nitrogens with two attached hydrogens (primary N) is 1. The molecule has 2 aliphatic heterocycles. The fraction of sp³-hybridized carbons (Fsp3) is 0.812. The van der Waals surface area contributed by atoms with Gasteiger partial charge in [0.25, 0.3) is 0 Å². The Labute approximate surface area is 122 Å². The second-order valence-electron chi connectivity index (χ2n) is 6.72. The van der Waals surface area contributed by atoms with Crippen molar-refractivity contribution in [2.24, 2.45) is 5.73 Å². The first-order chi connectivity index (χ1) is 9.65. The molecule has 2 aliphatic rings. The molecule has 20 heavy (non-hydrogen) atoms. The summed E-state index contributed by atoms with van der Waals surface area (Å²) >= 11 is 0. The molecular weight excluding hydrogens is 248 g/mol. The molecule has 1 aromatic heterocycles. The number of fused-ring (bicyclic) bond motifs is 1. The first-order valence-corrected chi connectivity index (χ1v) is 8.22. The highest BCUT2D eigenvalue weighted by molar-refractivity contribution is 5.11. The highest BCUT2D eigenvalue weighted by atomic mass is 15.2. The maximum Gasteiger partial charge on any atom is 0.125 e. The van der Waals surface area contributed by atoms with E-state index in [9.17, 15) is 0 Å². The van der Waals surface area contributed by atoms with Crippen LogP contribution in [0.15, 0.2) is 6.20 Å². The van der Waals surface area contributed by atoms with Gasteiger partial charge in [0.05, 0.1) is 11.7 Å². The third-order valence-electron chi connectivity index (χ3n) is 4.88. The van der Waals surface area contributed by atoms with Crippen LogP contribution in [-0.4, -0.2) is 33.1 Å². The zero-order chi connectivity index (χ0) is 14.1. The van der Waals surface area contributed by atoms with E-state index in [1.807, 2.05) is 0 Å². The van der Waals surface area contributed by atoms with E-state index in [0.29, 0.717) is 12.1 Å². The highest BCUT2D eigenvalue weighted by Crippen LogP contribution is 2.26. The quantitative estimate of drug-likeness (QED) is 0.922. The second kappa shape index (κ2) is 5.86. The van der Waals surface area contributed by atoms with Crippen LogP contribution in [0.5, 0.6) is 0 Å². The number of aryl methyl sites for hydroxylation is 1. The Morgan fingerprint density at radius 1 is 1.25 bits per heavy atom. The molecule has 112 valence electrons. The summed E-state index contributed by atoms with van der Waals surface area (Å²) in [5.74, 6) is 1.11. The predicted molar refractivity (Wildman–Crippen MR) is 81.6 cm³/mol. The number of imidazole rings is 1. The normalized spacial score (nSPS) is 27.8. The number of hydrogen-bond acceptors (Lipinski definition) is 3. The number of aromatic nitrogens is 2. The summed E-state index contributed by atoms with van der Waals surface area (Å²) in [5.41, 5.74) is 7.42. The number of likely N-dealkylation sites (tertiary alicyclic amines) is 1. The molecule has 2 atom stereocenters. The molecule has 3 heterocycles. The van der Waals surface area contributed by atoms with Gasteiger partial charge in [-0.25, -0.2) is 4.98 Å². The second-order valence-corrected chi connectivity index (χ2v) is 6.72. The summed E-state index contributed by atoms with van der Waals surface area (Å²) in [6.45, 7) is 6.96.